The van der Waals surface area contributed by atoms with E-state index in [9.17, 15) is 0 Å². The van der Waals surface area contributed by atoms with Crippen LogP contribution in [0.2, 0.25) is 0 Å². The normalized spacial score (nSPS) is 13.3. The summed E-state index contributed by atoms with van der Waals surface area (Å²) in [5.74, 6) is 1.73. The molecule has 0 aliphatic carbocycles. The highest BCUT2D eigenvalue weighted by molar-refractivity contribution is 6.20. The highest BCUT2D eigenvalue weighted by atomic mass is 35.5. The molecule has 16 heavy (non-hydrogen) atoms. The monoisotopic (exact) mass is 243 g/mol. The molecule has 1 heterocycles. The standard InChI is InChI=1S/C12H22ClN3/c1-4-7-16-12(14-9-15-16)6-5-11(13)8-10(2)3/h9-11H,4-8H2,1-3H3. The quantitative estimate of drug-likeness (QED) is 0.689. The Labute approximate surface area is 103 Å². The first-order valence-corrected chi connectivity index (χ1v) is 6.57. The maximum Gasteiger partial charge on any atom is 0.138 e. The highest BCUT2D eigenvalue weighted by Gasteiger charge is 2.10. The van der Waals surface area contributed by atoms with Crippen LogP contribution >= 0.6 is 11.6 Å². The van der Waals surface area contributed by atoms with Crippen molar-refractivity contribution in [1.82, 2.24) is 14.8 Å². The van der Waals surface area contributed by atoms with Gasteiger partial charge in [0, 0.05) is 18.3 Å². The molecule has 0 radical (unpaired) electrons. The van der Waals surface area contributed by atoms with Gasteiger partial charge >= 0.3 is 0 Å². The molecular formula is C12H22ClN3. The van der Waals surface area contributed by atoms with Gasteiger partial charge in [0.05, 0.1) is 0 Å². The van der Waals surface area contributed by atoms with Crippen molar-refractivity contribution >= 4 is 11.6 Å². The van der Waals surface area contributed by atoms with E-state index in [1.165, 1.54) is 0 Å². The van der Waals surface area contributed by atoms with Gasteiger partial charge < -0.3 is 0 Å². The van der Waals surface area contributed by atoms with Crippen LogP contribution in [0.15, 0.2) is 6.33 Å². The molecule has 0 fully saturated rings. The maximum atomic E-state index is 6.26. The Bertz CT molecular complexity index is 296. The SMILES string of the molecule is CCCn1ncnc1CCC(Cl)CC(C)C. The zero-order valence-corrected chi connectivity index (χ0v) is 11.2. The number of hydrogen-bond acceptors (Lipinski definition) is 2. The highest BCUT2D eigenvalue weighted by Crippen LogP contribution is 2.16. The van der Waals surface area contributed by atoms with Crippen LogP contribution in [-0.4, -0.2) is 20.1 Å². The summed E-state index contributed by atoms with van der Waals surface area (Å²) in [6, 6.07) is 0. The fraction of sp³-hybridized carbons (Fsp3) is 0.833. The average molecular weight is 244 g/mol. The lowest BCUT2D eigenvalue weighted by atomic mass is 10.0. The Morgan fingerprint density at radius 3 is 2.81 bits per heavy atom. The Balaban J connectivity index is 2.38. The molecule has 0 aliphatic heterocycles. The molecule has 1 aromatic rings. The largest absolute Gasteiger partial charge is 0.250 e. The minimum atomic E-state index is 0.256. The van der Waals surface area contributed by atoms with Gasteiger partial charge in [-0.2, -0.15) is 5.10 Å². The molecule has 0 saturated carbocycles. The minimum absolute atomic E-state index is 0.256. The van der Waals surface area contributed by atoms with E-state index in [1.54, 1.807) is 6.33 Å². The minimum Gasteiger partial charge on any atom is -0.250 e. The van der Waals surface area contributed by atoms with E-state index in [1.807, 2.05) is 4.68 Å². The smallest absolute Gasteiger partial charge is 0.138 e. The number of halogens is 1. The molecule has 0 aliphatic rings. The van der Waals surface area contributed by atoms with Crippen molar-refractivity contribution in [3.63, 3.8) is 0 Å². The topological polar surface area (TPSA) is 30.7 Å². The molecular weight excluding hydrogens is 222 g/mol. The second-order valence-electron chi connectivity index (χ2n) is 4.66. The average Bonchev–Trinajstić information content (AvgIpc) is 2.62. The molecule has 1 unspecified atom stereocenters. The lowest BCUT2D eigenvalue weighted by molar-refractivity contribution is 0.521. The number of aryl methyl sites for hydroxylation is 2. The zero-order chi connectivity index (χ0) is 12.0. The summed E-state index contributed by atoms with van der Waals surface area (Å²) in [5, 5.41) is 4.46. The Morgan fingerprint density at radius 2 is 2.19 bits per heavy atom. The van der Waals surface area contributed by atoms with Gasteiger partial charge in [-0.05, 0) is 25.2 Å². The first-order chi connectivity index (χ1) is 7.63. The Hall–Kier alpha value is -0.570. The number of aromatic nitrogens is 3. The van der Waals surface area contributed by atoms with Crippen molar-refractivity contribution in [1.29, 1.82) is 0 Å². The Morgan fingerprint density at radius 1 is 1.44 bits per heavy atom. The predicted molar refractivity (Wildman–Crippen MR) is 67.7 cm³/mol. The van der Waals surface area contributed by atoms with Crippen LogP contribution in [0, 0.1) is 5.92 Å². The molecule has 0 bridgehead atoms. The van der Waals surface area contributed by atoms with Gasteiger partial charge in [0.25, 0.3) is 0 Å². The molecule has 4 heteroatoms. The van der Waals surface area contributed by atoms with Crippen molar-refractivity contribution in [3.8, 4) is 0 Å². The molecule has 1 atom stereocenters. The van der Waals surface area contributed by atoms with Crippen molar-refractivity contribution in [2.24, 2.45) is 5.92 Å². The van der Waals surface area contributed by atoms with Gasteiger partial charge in [0.1, 0.15) is 12.2 Å². The van der Waals surface area contributed by atoms with E-state index in [0.29, 0.717) is 5.92 Å². The molecule has 3 nitrogen and oxygen atoms in total. The third-order valence-corrected chi connectivity index (χ3v) is 2.94. The number of nitrogens with zero attached hydrogens (tertiary/aromatic N) is 3. The third kappa shape index (κ3) is 4.52. The summed E-state index contributed by atoms with van der Waals surface area (Å²) in [6.45, 7) is 7.50. The van der Waals surface area contributed by atoms with Crippen LogP contribution in [0.5, 0.6) is 0 Å². The van der Waals surface area contributed by atoms with Gasteiger partial charge in [-0.25, -0.2) is 4.98 Å². The summed E-state index contributed by atoms with van der Waals surface area (Å²) >= 11 is 6.26. The summed E-state index contributed by atoms with van der Waals surface area (Å²) in [4.78, 5) is 4.28. The zero-order valence-electron chi connectivity index (χ0n) is 10.5. The number of rotatable bonds is 7. The molecule has 92 valence electrons. The van der Waals surface area contributed by atoms with Gasteiger partial charge in [0.2, 0.25) is 0 Å². The van der Waals surface area contributed by atoms with Crippen LogP contribution in [0.1, 0.15) is 45.9 Å². The van der Waals surface area contributed by atoms with Crippen LogP contribution in [0.3, 0.4) is 0 Å². The van der Waals surface area contributed by atoms with Crippen LogP contribution < -0.4 is 0 Å². The molecule has 0 amide bonds. The summed E-state index contributed by atoms with van der Waals surface area (Å²) in [6.07, 6.45) is 5.72. The van der Waals surface area contributed by atoms with E-state index in [0.717, 1.165) is 38.1 Å². The first-order valence-electron chi connectivity index (χ1n) is 6.14. The molecule has 1 rings (SSSR count). The summed E-state index contributed by atoms with van der Waals surface area (Å²) in [7, 11) is 0. The lowest BCUT2D eigenvalue weighted by Crippen LogP contribution is -2.10. The van der Waals surface area contributed by atoms with Gasteiger partial charge in [0.15, 0.2) is 0 Å². The van der Waals surface area contributed by atoms with E-state index < -0.39 is 0 Å². The summed E-state index contributed by atoms with van der Waals surface area (Å²) in [5.41, 5.74) is 0. The van der Waals surface area contributed by atoms with Crippen LogP contribution in [-0.2, 0) is 13.0 Å². The van der Waals surface area contributed by atoms with E-state index in [2.05, 4.69) is 30.9 Å². The number of hydrogen-bond donors (Lipinski definition) is 0. The molecule has 0 N–H and O–H groups in total. The second kappa shape index (κ2) is 6.89. The van der Waals surface area contributed by atoms with Gasteiger partial charge in [-0.3, -0.25) is 4.68 Å². The maximum absolute atomic E-state index is 6.26. The van der Waals surface area contributed by atoms with Crippen molar-refractivity contribution in [2.45, 2.75) is 58.4 Å². The molecule has 1 aromatic heterocycles. The van der Waals surface area contributed by atoms with Crippen LogP contribution in [0.25, 0.3) is 0 Å². The van der Waals surface area contributed by atoms with E-state index >= 15 is 0 Å². The van der Waals surface area contributed by atoms with Crippen molar-refractivity contribution < 1.29 is 0 Å². The molecule has 0 aromatic carbocycles. The fourth-order valence-corrected chi connectivity index (χ4v) is 2.26. The second-order valence-corrected chi connectivity index (χ2v) is 5.28. The van der Waals surface area contributed by atoms with Gasteiger partial charge in [-0.15, -0.1) is 11.6 Å². The lowest BCUT2D eigenvalue weighted by Gasteiger charge is -2.11. The third-order valence-electron chi connectivity index (χ3n) is 2.54. The number of alkyl halides is 1. The van der Waals surface area contributed by atoms with E-state index in [4.69, 9.17) is 11.6 Å². The van der Waals surface area contributed by atoms with Gasteiger partial charge in [-0.1, -0.05) is 20.8 Å². The van der Waals surface area contributed by atoms with E-state index in [-0.39, 0.29) is 5.38 Å². The Kier molecular flexibility index (Phi) is 5.81. The predicted octanol–water partition coefficient (Wildman–Crippen LogP) is 3.27. The summed E-state index contributed by atoms with van der Waals surface area (Å²) < 4.78 is 1.99. The first kappa shape index (κ1) is 13.5. The van der Waals surface area contributed by atoms with Crippen LogP contribution in [0.4, 0.5) is 0 Å². The fourth-order valence-electron chi connectivity index (χ4n) is 1.80. The van der Waals surface area contributed by atoms with Crippen molar-refractivity contribution in [3.05, 3.63) is 12.2 Å². The van der Waals surface area contributed by atoms with Crippen molar-refractivity contribution in [2.75, 3.05) is 0 Å². The molecule has 0 saturated heterocycles. The molecule has 0 spiro atoms.